The van der Waals surface area contributed by atoms with Crippen molar-refractivity contribution in [2.75, 3.05) is 29.6 Å². The number of nitrogens with zero attached hydrogens (tertiary/aromatic N) is 2. The van der Waals surface area contributed by atoms with Crippen molar-refractivity contribution in [2.24, 2.45) is 0 Å². The SMILES string of the molecule is COc1ccc(Nc2cc(C(F)(F)F)nc(Nc3ccc(NS(=O)(=O)c4c(Cl)cc(C)cc4OC)cc3)n2)cc1. The van der Waals surface area contributed by atoms with Gasteiger partial charge in [0.2, 0.25) is 5.95 Å². The van der Waals surface area contributed by atoms with Gasteiger partial charge in [-0.05, 0) is 73.2 Å². The monoisotopic (exact) mass is 593 g/mol. The number of halogens is 4. The predicted octanol–water partition coefficient (Wildman–Crippen LogP) is 6.76. The molecule has 0 radical (unpaired) electrons. The van der Waals surface area contributed by atoms with Crippen LogP contribution in [-0.2, 0) is 16.2 Å². The van der Waals surface area contributed by atoms with Crippen LogP contribution < -0.4 is 24.8 Å². The summed E-state index contributed by atoms with van der Waals surface area (Å²) in [6.07, 6.45) is -4.73. The smallest absolute Gasteiger partial charge is 0.433 e. The standard InChI is InChI=1S/C26H23ClF3N5O4S/c1-15-12-20(27)24(21(13-15)39-3)40(36,37)35-18-6-4-17(5-7-18)32-25-33-22(26(28,29)30)14-23(34-25)31-16-8-10-19(38-2)11-9-16/h4-14,35H,1-3H3,(H2,31,32,33,34). The van der Waals surface area contributed by atoms with E-state index in [9.17, 15) is 21.6 Å². The van der Waals surface area contributed by atoms with Gasteiger partial charge in [0.05, 0.1) is 19.2 Å². The average Bonchev–Trinajstić information content (AvgIpc) is 2.88. The molecule has 0 aliphatic rings. The van der Waals surface area contributed by atoms with Crippen LogP contribution in [0.15, 0.2) is 71.6 Å². The zero-order valence-corrected chi connectivity index (χ0v) is 22.9. The van der Waals surface area contributed by atoms with Crippen molar-refractivity contribution in [2.45, 2.75) is 18.0 Å². The molecule has 0 aliphatic carbocycles. The first-order valence-electron chi connectivity index (χ1n) is 11.5. The Morgan fingerprint density at radius 1 is 0.825 bits per heavy atom. The van der Waals surface area contributed by atoms with Gasteiger partial charge < -0.3 is 20.1 Å². The third-order valence-corrected chi connectivity index (χ3v) is 7.29. The summed E-state index contributed by atoms with van der Waals surface area (Å²) in [6, 6.07) is 16.1. The molecule has 0 fully saturated rings. The summed E-state index contributed by atoms with van der Waals surface area (Å²) in [5.74, 6) is 0.244. The highest BCUT2D eigenvalue weighted by Gasteiger charge is 2.34. The molecule has 4 aromatic rings. The molecular weight excluding hydrogens is 571 g/mol. The van der Waals surface area contributed by atoms with Crippen LogP contribution in [0.25, 0.3) is 0 Å². The van der Waals surface area contributed by atoms with Crippen LogP contribution in [0, 0.1) is 6.92 Å². The van der Waals surface area contributed by atoms with Crippen LogP contribution in [0.3, 0.4) is 0 Å². The van der Waals surface area contributed by atoms with Crippen molar-refractivity contribution in [3.8, 4) is 11.5 Å². The van der Waals surface area contributed by atoms with Crippen molar-refractivity contribution in [1.82, 2.24) is 9.97 Å². The minimum Gasteiger partial charge on any atom is -0.497 e. The molecule has 0 atom stereocenters. The minimum absolute atomic E-state index is 0.0108. The second kappa shape index (κ2) is 11.5. The highest BCUT2D eigenvalue weighted by Crippen LogP contribution is 2.35. The Morgan fingerprint density at radius 3 is 2.02 bits per heavy atom. The maximum absolute atomic E-state index is 13.5. The van der Waals surface area contributed by atoms with E-state index >= 15 is 0 Å². The Bertz CT molecular complexity index is 1620. The summed E-state index contributed by atoms with van der Waals surface area (Å²) in [6.45, 7) is 1.75. The van der Waals surface area contributed by atoms with Gasteiger partial charge in [0, 0.05) is 23.1 Å². The molecule has 9 nitrogen and oxygen atoms in total. The molecule has 3 aromatic carbocycles. The number of hydrogen-bond acceptors (Lipinski definition) is 8. The first-order chi connectivity index (χ1) is 18.9. The fourth-order valence-corrected chi connectivity index (χ4v) is 5.44. The first kappa shape index (κ1) is 28.8. The molecule has 0 unspecified atom stereocenters. The van der Waals surface area contributed by atoms with Gasteiger partial charge in [-0.3, -0.25) is 4.72 Å². The lowest BCUT2D eigenvalue weighted by Crippen LogP contribution is -2.15. The van der Waals surface area contributed by atoms with Crippen molar-refractivity contribution in [3.05, 3.63) is 83.0 Å². The van der Waals surface area contributed by atoms with E-state index in [0.29, 0.717) is 17.1 Å². The summed E-state index contributed by atoms with van der Waals surface area (Å²) in [5.41, 5.74) is 0.532. The molecule has 1 aromatic heterocycles. The molecule has 0 aliphatic heterocycles. The lowest BCUT2D eigenvalue weighted by Gasteiger charge is -2.15. The molecule has 14 heteroatoms. The number of sulfonamides is 1. The highest BCUT2D eigenvalue weighted by atomic mass is 35.5. The van der Waals surface area contributed by atoms with E-state index in [1.807, 2.05) is 0 Å². The number of anilines is 5. The van der Waals surface area contributed by atoms with E-state index in [2.05, 4.69) is 25.3 Å². The largest absolute Gasteiger partial charge is 0.497 e. The highest BCUT2D eigenvalue weighted by molar-refractivity contribution is 7.93. The van der Waals surface area contributed by atoms with Crippen molar-refractivity contribution >= 4 is 50.5 Å². The molecule has 210 valence electrons. The zero-order valence-electron chi connectivity index (χ0n) is 21.3. The van der Waals surface area contributed by atoms with E-state index in [1.54, 1.807) is 37.3 Å². The fourth-order valence-electron chi connectivity index (χ4n) is 3.60. The fraction of sp³-hybridized carbons (Fsp3) is 0.154. The third-order valence-electron chi connectivity index (χ3n) is 5.41. The molecule has 0 bridgehead atoms. The summed E-state index contributed by atoms with van der Waals surface area (Å²) in [4.78, 5) is 7.49. The normalized spacial score (nSPS) is 11.6. The Balaban J connectivity index is 1.56. The van der Waals surface area contributed by atoms with E-state index in [0.717, 1.165) is 11.6 Å². The van der Waals surface area contributed by atoms with Crippen molar-refractivity contribution in [1.29, 1.82) is 0 Å². The van der Waals surface area contributed by atoms with Crippen LogP contribution in [0.4, 0.5) is 42.0 Å². The van der Waals surface area contributed by atoms with Gasteiger partial charge >= 0.3 is 6.18 Å². The average molecular weight is 594 g/mol. The summed E-state index contributed by atoms with van der Waals surface area (Å²) < 4.78 is 79.3. The van der Waals surface area contributed by atoms with Crippen molar-refractivity contribution in [3.63, 3.8) is 0 Å². The molecule has 4 rings (SSSR count). The molecular formula is C26H23ClF3N5O4S. The number of benzene rings is 3. The van der Waals surface area contributed by atoms with Gasteiger partial charge in [-0.25, -0.2) is 13.4 Å². The molecule has 1 heterocycles. The number of ether oxygens (including phenoxy) is 2. The lowest BCUT2D eigenvalue weighted by atomic mass is 10.2. The van der Waals surface area contributed by atoms with Crippen LogP contribution in [0.5, 0.6) is 11.5 Å². The molecule has 40 heavy (non-hydrogen) atoms. The molecule has 0 spiro atoms. The van der Waals surface area contributed by atoms with Crippen LogP contribution in [-0.4, -0.2) is 32.6 Å². The minimum atomic E-state index is -4.73. The summed E-state index contributed by atoms with van der Waals surface area (Å²) in [5, 5.41) is 5.52. The van der Waals surface area contributed by atoms with E-state index in [4.69, 9.17) is 21.1 Å². The topological polar surface area (TPSA) is 114 Å². The Morgan fingerprint density at radius 2 is 1.43 bits per heavy atom. The molecule has 0 saturated carbocycles. The second-order valence-electron chi connectivity index (χ2n) is 8.40. The quantitative estimate of drug-likeness (QED) is 0.195. The van der Waals surface area contributed by atoms with Crippen LogP contribution in [0.1, 0.15) is 11.3 Å². The van der Waals surface area contributed by atoms with Gasteiger partial charge in [0.1, 0.15) is 22.2 Å². The number of rotatable bonds is 9. The number of hydrogen-bond donors (Lipinski definition) is 3. The molecule has 0 saturated heterocycles. The van der Waals surface area contributed by atoms with E-state index in [1.165, 1.54) is 44.6 Å². The maximum Gasteiger partial charge on any atom is 0.433 e. The van der Waals surface area contributed by atoms with Gasteiger partial charge in [-0.15, -0.1) is 0 Å². The van der Waals surface area contributed by atoms with Gasteiger partial charge in [-0.2, -0.15) is 18.2 Å². The van der Waals surface area contributed by atoms with Gasteiger partial charge in [0.15, 0.2) is 5.69 Å². The van der Waals surface area contributed by atoms with Crippen LogP contribution in [0.2, 0.25) is 5.02 Å². The van der Waals surface area contributed by atoms with Gasteiger partial charge in [0.25, 0.3) is 10.0 Å². The number of alkyl halides is 3. The predicted molar refractivity (Wildman–Crippen MR) is 147 cm³/mol. The summed E-state index contributed by atoms with van der Waals surface area (Å²) >= 11 is 6.19. The lowest BCUT2D eigenvalue weighted by molar-refractivity contribution is -0.141. The number of aryl methyl sites for hydroxylation is 1. The Kier molecular flexibility index (Phi) is 8.26. The number of nitrogens with one attached hydrogen (secondary N) is 3. The van der Waals surface area contributed by atoms with E-state index in [-0.39, 0.29) is 33.1 Å². The number of methoxy groups -OCH3 is 2. The number of aromatic nitrogens is 2. The zero-order chi connectivity index (χ0) is 29.1. The first-order valence-corrected chi connectivity index (χ1v) is 13.4. The maximum atomic E-state index is 13.5. The van der Waals surface area contributed by atoms with Crippen molar-refractivity contribution < 1.29 is 31.1 Å². The molecule has 3 N–H and O–H groups in total. The summed E-state index contributed by atoms with van der Waals surface area (Å²) in [7, 11) is -1.30. The Labute approximate surface area is 233 Å². The Hall–Kier alpha value is -4.23. The second-order valence-corrected chi connectivity index (χ2v) is 10.4. The third kappa shape index (κ3) is 6.85. The molecule has 0 amide bonds. The van der Waals surface area contributed by atoms with Crippen LogP contribution >= 0.6 is 11.6 Å². The van der Waals surface area contributed by atoms with Gasteiger partial charge in [-0.1, -0.05) is 11.6 Å². The van der Waals surface area contributed by atoms with E-state index < -0.39 is 21.9 Å².